The van der Waals surface area contributed by atoms with Crippen molar-refractivity contribution < 1.29 is 9.59 Å². The Hall–Kier alpha value is -4.36. The molecule has 0 radical (unpaired) electrons. The first-order chi connectivity index (χ1) is 16.6. The van der Waals surface area contributed by atoms with Crippen LogP contribution in [-0.4, -0.2) is 21.8 Å². The third-order valence-electron chi connectivity index (χ3n) is 5.41. The highest BCUT2D eigenvalue weighted by molar-refractivity contribution is 7.13. The van der Waals surface area contributed by atoms with Crippen LogP contribution >= 0.6 is 11.3 Å². The molecule has 0 aliphatic rings. The van der Waals surface area contributed by atoms with Crippen LogP contribution < -0.4 is 10.6 Å². The van der Waals surface area contributed by atoms with Gasteiger partial charge in [0.1, 0.15) is 0 Å². The Kier molecular flexibility index (Phi) is 5.84. The monoisotopic (exact) mass is 464 g/mol. The lowest BCUT2D eigenvalue weighted by Gasteiger charge is -2.12. The van der Waals surface area contributed by atoms with Crippen molar-refractivity contribution >= 4 is 45.6 Å². The fourth-order valence-electron chi connectivity index (χ4n) is 3.59. The van der Waals surface area contributed by atoms with Crippen LogP contribution in [0, 0.1) is 6.92 Å². The van der Waals surface area contributed by atoms with Gasteiger partial charge in [0, 0.05) is 39.8 Å². The molecule has 0 atom stereocenters. The van der Waals surface area contributed by atoms with E-state index in [0.29, 0.717) is 28.0 Å². The Morgan fingerprint density at radius 3 is 2.38 bits per heavy atom. The summed E-state index contributed by atoms with van der Waals surface area (Å²) < 4.78 is 0. The Morgan fingerprint density at radius 2 is 1.56 bits per heavy atom. The summed E-state index contributed by atoms with van der Waals surface area (Å²) in [6.45, 7) is 1.90. The predicted octanol–water partition coefficient (Wildman–Crippen LogP) is 6.17. The largest absolute Gasteiger partial charge is 0.322 e. The number of aromatic nitrogens is 2. The van der Waals surface area contributed by atoms with E-state index in [4.69, 9.17) is 0 Å². The van der Waals surface area contributed by atoms with Gasteiger partial charge in [0.25, 0.3) is 11.8 Å². The number of aryl methyl sites for hydroxylation is 1. The van der Waals surface area contributed by atoms with Crippen molar-refractivity contribution in [2.45, 2.75) is 6.92 Å². The molecule has 34 heavy (non-hydrogen) atoms. The zero-order chi connectivity index (χ0) is 23.5. The maximum atomic E-state index is 12.9. The summed E-state index contributed by atoms with van der Waals surface area (Å²) in [6, 6.07) is 22.2. The molecule has 5 aromatic rings. The number of nitrogens with zero attached hydrogens (tertiary/aromatic N) is 2. The van der Waals surface area contributed by atoms with Gasteiger partial charge < -0.3 is 10.6 Å². The van der Waals surface area contributed by atoms with Gasteiger partial charge in [-0.1, -0.05) is 24.3 Å². The summed E-state index contributed by atoms with van der Waals surface area (Å²) in [4.78, 5) is 35.4. The number of nitrogens with one attached hydrogen (secondary N) is 2. The number of anilines is 2. The van der Waals surface area contributed by atoms with E-state index < -0.39 is 0 Å². The van der Waals surface area contributed by atoms with Crippen molar-refractivity contribution in [3.63, 3.8) is 0 Å². The van der Waals surface area contributed by atoms with Crippen LogP contribution in [0.1, 0.15) is 26.3 Å². The Labute approximate surface area is 200 Å². The number of carbonyl (C=O) groups excluding carboxylic acids is 2. The summed E-state index contributed by atoms with van der Waals surface area (Å²) in [5, 5.41) is 7.88. The lowest BCUT2D eigenvalue weighted by Crippen LogP contribution is -2.15. The fourth-order valence-corrected chi connectivity index (χ4v) is 4.32. The van der Waals surface area contributed by atoms with Crippen LogP contribution in [0.25, 0.3) is 21.5 Å². The van der Waals surface area contributed by atoms with Crippen LogP contribution in [0.4, 0.5) is 11.4 Å². The van der Waals surface area contributed by atoms with E-state index in [0.717, 1.165) is 21.5 Å². The smallest absolute Gasteiger partial charge is 0.255 e. The number of amides is 2. The molecule has 0 spiro atoms. The van der Waals surface area contributed by atoms with E-state index in [2.05, 4.69) is 20.6 Å². The first-order valence-corrected chi connectivity index (χ1v) is 11.5. The molecule has 6 nitrogen and oxygen atoms in total. The number of fused-ring (bicyclic) bond motifs is 1. The molecular formula is C27H20N4O2S. The zero-order valence-corrected chi connectivity index (χ0v) is 19.1. The van der Waals surface area contributed by atoms with Gasteiger partial charge in [-0.15, -0.1) is 11.3 Å². The molecular weight excluding hydrogens is 444 g/mol. The lowest BCUT2D eigenvalue weighted by atomic mass is 10.1. The summed E-state index contributed by atoms with van der Waals surface area (Å²) >= 11 is 1.63. The number of benzene rings is 3. The second kappa shape index (κ2) is 9.25. The molecule has 7 heteroatoms. The summed E-state index contributed by atoms with van der Waals surface area (Å²) in [5.74, 6) is -0.476. The highest BCUT2D eigenvalue weighted by Gasteiger charge is 2.12. The maximum Gasteiger partial charge on any atom is 0.255 e. The Morgan fingerprint density at radius 1 is 0.765 bits per heavy atom. The molecule has 0 fully saturated rings. The molecule has 0 aliphatic carbocycles. The topological polar surface area (TPSA) is 84.0 Å². The van der Waals surface area contributed by atoms with Gasteiger partial charge in [0.05, 0.1) is 11.0 Å². The minimum atomic E-state index is -0.261. The summed E-state index contributed by atoms with van der Waals surface area (Å²) in [7, 11) is 0. The van der Waals surface area contributed by atoms with Crippen LogP contribution in [0.2, 0.25) is 0 Å². The van der Waals surface area contributed by atoms with Gasteiger partial charge in [0.15, 0.2) is 0 Å². The summed E-state index contributed by atoms with van der Waals surface area (Å²) in [6.07, 6.45) is 3.21. The molecule has 2 heterocycles. The Balaban J connectivity index is 1.34. The minimum Gasteiger partial charge on any atom is -0.322 e. The fraction of sp³-hybridized carbons (Fsp3) is 0.0370. The molecule has 0 aliphatic heterocycles. The molecule has 3 aromatic carbocycles. The molecule has 166 valence electrons. The third-order valence-corrected chi connectivity index (χ3v) is 6.32. The standard InChI is InChI=1S/C27H20N4O2S/c1-17-7-9-21(30-26(32)19-5-2-4-18(14-19)25-6-3-13-34-25)16-23(17)31-27(33)20-8-10-22-24(15-20)29-12-11-28-22/h2-16H,1H3,(H,30,32)(H,31,33). The van der Waals surface area contributed by atoms with E-state index >= 15 is 0 Å². The van der Waals surface area contributed by atoms with Crippen LogP contribution in [0.15, 0.2) is 90.6 Å². The SMILES string of the molecule is Cc1ccc(NC(=O)c2cccc(-c3cccs3)c2)cc1NC(=O)c1ccc2nccnc2c1. The highest BCUT2D eigenvalue weighted by atomic mass is 32.1. The molecule has 0 saturated heterocycles. The molecule has 2 amide bonds. The van der Waals surface area contributed by atoms with Crippen molar-refractivity contribution in [3.8, 4) is 10.4 Å². The van der Waals surface area contributed by atoms with E-state index in [1.165, 1.54) is 0 Å². The van der Waals surface area contributed by atoms with Crippen molar-refractivity contribution in [1.82, 2.24) is 9.97 Å². The number of carbonyl (C=O) groups is 2. The van der Waals surface area contributed by atoms with Gasteiger partial charge in [-0.25, -0.2) is 0 Å². The number of rotatable bonds is 5. The van der Waals surface area contributed by atoms with Crippen molar-refractivity contribution in [2.24, 2.45) is 0 Å². The molecule has 5 rings (SSSR count). The second-order valence-corrected chi connectivity index (χ2v) is 8.70. The second-order valence-electron chi connectivity index (χ2n) is 7.76. The first kappa shape index (κ1) is 21.5. The van der Waals surface area contributed by atoms with Gasteiger partial charge in [-0.3, -0.25) is 19.6 Å². The molecule has 2 N–H and O–H groups in total. The first-order valence-electron chi connectivity index (χ1n) is 10.6. The average molecular weight is 465 g/mol. The van der Waals surface area contributed by atoms with Crippen molar-refractivity contribution in [3.05, 3.63) is 107 Å². The zero-order valence-electron chi connectivity index (χ0n) is 18.3. The highest BCUT2D eigenvalue weighted by Crippen LogP contribution is 2.26. The van der Waals surface area contributed by atoms with Gasteiger partial charge in [0.2, 0.25) is 0 Å². The summed E-state index contributed by atoms with van der Waals surface area (Å²) in [5.41, 5.74) is 5.51. The number of hydrogen-bond donors (Lipinski definition) is 2. The molecule has 0 saturated carbocycles. The number of thiophene rings is 1. The Bertz CT molecular complexity index is 1510. The molecule has 2 aromatic heterocycles. The van der Waals surface area contributed by atoms with Crippen LogP contribution in [-0.2, 0) is 0 Å². The quantitative estimate of drug-likeness (QED) is 0.326. The van der Waals surface area contributed by atoms with E-state index in [1.807, 2.05) is 54.8 Å². The van der Waals surface area contributed by atoms with Gasteiger partial charge in [-0.05, 0) is 72.0 Å². The van der Waals surface area contributed by atoms with E-state index in [-0.39, 0.29) is 11.8 Å². The van der Waals surface area contributed by atoms with Gasteiger partial charge >= 0.3 is 0 Å². The molecule has 0 bridgehead atoms. The van der Waals surface area contributed by atoms with Gasteiger partial charge in [-0.2, -0.15) is 0 Å². The van der Waals surface area contributed by atoms with Crippen molar-refractivity contribution in [1.29, 1.82) is 0 Å². The minimum absolute atomic E-state index is 0.215. The van der Waals surface area contributed by atoms with E-state index in [1.54, 1.807) is 54.1 Å². The number of hydrogen-bond acceptors (Lipinski definition) is 5. The van der Waals surface area contributed by atoms with Crippen molar-refractivity contribution in [2.75, 3.05) is 10.6 Å². The third kappa shape index (κ3) is 4.55. The maximum absolute atomic E-state index is 12.9. The van der Waals surface area contributed by atoms with E-state index in [9.17, 15) is 9.59 Å². The van der Waals surface area contributed by atoms with Crippen LogP contribution in [0.3, 0.4) is 0 Å². The average Bonchev–Trinajstić information content (AvgIpc) is 3.41. The predicted molar refractivity (Wildman–Crippen MR) is 136 cm³/mol. The van der Waals surface area contributed by atoms with Crippen LogP contribution in [0.5, 0.6) is 0 Å². The lowest BCUT2D eigenvalue weighted by molar-refractivity contribution is 0.101. The molecule has 0 unspecified atom stereocenters. The normalized spacial score (nSPS) is 10.7.